The summed E-state index contributed by atoms with van der Waals surface area (Å²) >= 11 is 3.46. The third kappa shape index (κ3) is 4.70. The molecule has 1 heterocycles. The lowest BCUT2D eigenvalue weighted by molar-refractivity contribution is -0.125. The molecule has 3 rings (SSSR count). The van der Waals surface area contributed by atoms with Crippen molar-refractivity contribution in [3.8, 4) is 0 Å². The van der Waals surface area contributed by atoms with Crippen LogP contribution in [0.5, 0.6) is 0 Å². The van der Waals surface area contributed by atoms with Crippen molar-refractivity contribution in [1.29, 1.82) is 0 Å². The zero-order valence-corrected chi connectivity index (χ0v) is 18.5. The first-order chi connectivity index (χ1) is 14.0. The second kappa shape index (κ2) is 9.55. The van der Waals surface area contributed by atoms with Crippen LogP contribution in [0.15, 0.2) is 53.0 Å². The molecule has 0 aromatic heterocycles. The average Bonchev–Trinajstić information content (AvgIpc) is 2.75. The summed E-state index contributed by atoms with van der Waals surface area (Å²) in [5.41, 5.74) is 1.56. The fourth-order valence-electron chi connectivity index (χ4n) is 3.81. The van der Waals surface area contributed by atoms with Crippen LogP contribution in [0.3, 0.4) is 0 Å². The molecule has 2 aromatic rings. The van der Waals surface area contributed by atoms with Gasteiger partial charge in [0, 0.05) is 42.0 Å². The van der Waals surface area contributed by atoms with Gasteiger partial charge in [-0.3, -0.25) is 9.59 Å². The second-order valence-electron chi connectivity index (χ2n) is 7.21. The molecule has 1 aliphatic rings. The van der Waals surface area contributed by atoms with Crippen LogP contribution in [0.4, 0.5) is 5.69 Å². The van der Waals surface area contributed by atoms with Crippen LogP contribution in [0, 0.1) is 0 Å². The lowest BCUT2D eigenvalue weighted by atomic mass is 9.73. The van der Waals surface area contributed by atoms with Gasteiger partial charge < -0.3 is 15.0 Å². The Balaban J connectivity index is 1.86. The van der Waals surface area contributed by atoms with E-state index in [1.165, 1.54) is 0 Å². The van der Waals surface area contributed by atoms with Crippen molar-refractivity contribution in [1.82, 2.24) is 4.90 Å². The van der Waals surface area contributed by atoms with Gasteiger partial charge in [-0.15, -0.1) is 0 Å². The quantitative estimate of drug-likeness (QED) is 0.686. The molecule has 6 heteroatoms. The molecule has 2 aromatic carbocycles. The summed E-state index contributed by atoms with van der Waals surface area (Å²) in [6, 6.07) is 15.1. The molecule has 2 amide bonds. The highest BCUT2D eigenvalue weighted by Gasteiger charge is 2.41. The number of carbonyl (C=O) groups is 2. The van der Waals surface area contributed by atoms with E-state index < -0.39 is 5.41 Å². The smallest absolute Gasteiger partial charge is 0.253 e. The van der Waals surface area contributed by atoms with Gasteiger partial charge in [-0.1, -0.05) is 34.1 Å². The van der Waals surface area contributed by atoms with E-state index in [1.54, 1.807) is 17.0 Å². The molecule has 0 unspecified atom stereocenters. The van der Waals surface area contributed by atoms with Crippen molar-refractivity contribution in [3.63, 3.8) is 0 Å². The average molecular weight is 459 g/mol. The van der Waals surface area contributed by atoms with Gasteiger partial charge in [-0.2, -0.15) is 0 Å². The van der Waals surface area contributed by atoms with E-state index in [1.807, 2.05) is 50.2 Å². The molecule has 0 bridgehead atoms. The highest BCUT2D eigenvalue weighted by molar-refractivity contribution is 9.10. The Hall–Kier alpha value is -2.18. The lowest BCUT2D eigenvalue weighted by Crippen LogP contribution is -2.44. The Kier molecular flexibility index (Phi) is 7.09. The molecular formula is C23H27BrN2O3. The summed E-state index contributed by atoms with van der Waals surface area (Å²) in [6.45, 7) is 6.31. The van der Waals surface area contributed by atoms with Gasteiger partial charge in [-0.25, -0.2) is 0 Å². The number of nitrogens with zero attached hydrogens (tertiary/aromatic N) is 1. The highest BCUT2D eigenvalue weighted by Crippen LogP contribution is 2.36. The van der Waals surface area contributed by atoms with Gasteiger partial charge >= 0.3 is 0 Å². The second-order valence-corrected chi connectivity index (χ2v) is 8.13. The van der Waals surface area contributed by atoms with Crippen molar-refractivity contribution < 1.29 is 14.3 Å². The number of rotatable bonds is 6. The molecule has 1 aliphatic heterocycles. The van der Waals surface area contributed by atoms with Crippen LogP contribution in [-0.2, 0) is 14.9 Å². The normalized spacial score (nSPS) is 15.6. The summed E-state index contributed by atoms with van der Waals surface area (Å²) < 4.78 is 6.51. The number of carbonyl (C=O) groups excluding carboxylic acids is 2. The summed E-state index contributed by atoms with van der Waals surface area (Å²) in [5.74, 6) is -0.0876. The Bertz CT molecular complexity index is 857. The predicted octanol–water partition coefficient (Wildman–Crippen LogP) is 4.62. The molecular weight excluding hydrogens is 432 g/mol. The summed E-state index contributed by atoms with van der Waals surface area (Å²) in [5, 5.41) is 3.06. The number of hydrogen-bond acceptors (Lipinski definition) is 3. The zero-order valence-electron chi connectivity index (χ0n) is 16.9. The minimum Gasteiger partial charge on any atom is -0.381 e. The highest BCUT2D eigenvalue weighted by atomic mass is 79.9. The molecule has 0 radical (unpaired) electrons. The van der Waals surface area contributed by atoms with Gasteiger partial charge in [-0.05, 0) is 62.6 Å². The fraction of sp³-hybridized carbons (Fsp3) is 0.391. The molecule has 0 saturated carbocycles. The van der Waals surface area contributed by atoms with Crippen LogP contribution in [-0.4, -0.2) is 43.0 Å². The maximum absolute atomic E-state index is 13.4. The number of nitrogens with one attached hydrogen (secondary N) is 1. The summed E-state index contributed by atoms with van der Waals surface area (Å²) in [4.78, 5) is 27.9. The minimum atomic E-state index is -0.641. The fourth-order valence-corrected chi connectivity index (χ4v) is 4.07. The summed E-state index contributed by atoms with van der Waals surface area (Å²) in [7, 11) is 0. The maximum atomic E-state index is 13.4. The molecule has 1 N–H and O–H groups in total. The van der Waals surface area contributed by atoms with E-state index in [0.717, 1.165) is 10.0 Å². The number of ether oxygens (including phenoxy) is 1. The van der Waals surface area contributed by atoms with Gasteiger partial charge in [0.15, 0.2) is 0 Å². The van der Waals surface area contributed by atoms with E-state index in [4.69, 9.17) is 4.74 Å². The van der Waals surface area contributed by atoms with Crippen LogP contribution >= 0.6 is 15.9 Å². The Morgan fingerprint density at radius 3 is 2.34 bits per heavy atom. The van der Waals surface area contributed by atoms with Crippen LogP contribution in [0.25, 0.3) is 0 Å². The molecule has 0 aliphatic carbocycles. The Labute approximate surface area is 180 Å². The van der Waals surface area contributed by atoms with E-state index in [9.17, 15) is 9.59 Å². The van der Waals surface area contributed by atoms with Crippen LogP contribution in [0.2, 0.25) is 0 Å². The number of benzene rings is 2. The van der Waals surface area contributed by atoms with Crippen molar-refractivity contribution in [2.24, 2.45) is 0 Å². The van der Waals surface area contributed by atoms with Crippen LogP contribution in [0.1, 0.15) is 42.6 Å². The predicted molar refractivity (Wildman–Crippen MR) is 118 cm³/mol. The Morgan fingerprint density at radius 1 is 1.07 bits per heavy atom. The van der Waals surface area contributed by atoms with Crippen molar-refractivity contribution in [2.75, 3.05) is 31.6 Å². The third-order valence-corrected chi connectivity index (χ3v) is 6.12. The topological polar surface area (TPSA) is 58.6 Å². The summed E-state index contributed by atoms with van der Waals surface area (Å²) in [6.07, 6.45) is 1.25. The standard InChI is InChI=1S/C23H27BrN2O3/c1-3-26(4-2)21(27)17-6-5-7-20(16-17)25-22(28)23(12-14-29-15-13-23)18-8-10-19(24)11-9-18/h5-11,16H,3-4,12-15H2,1-2H3,(H,25,28). The van der Waals surface area contributed by atoms with Gasteiger partial charge in [0.25, 0.3) is 5.91 Å². The molecule has 0 spiro atoms. The Morgan fingerprint density at radius 2 is 1.72 bits per heavy atom. The largest absolute Gasteiger partial charge is 0.381 e. The van der Waals surface area contributed by atoms with E-state index in [2.05, 4.69) is 21.2 Å². The first-order valence-corrected chi connectivity index (χ1v) is 10.8. The molecule has 5 nitrogen and oxygen atoms in total. The first-order valence-electron chi connectivity index (χ1n) is 10.0. The van der Waals surface area contributed by atoms with Crippen molar-refractivity contribution >= 4 is 33.4 Å². The zero-order chi connectivity index (χ0) is 20.9. The number of anilines is 1. The minimum absolute atomic E-state index is 0.0280. The molecule has 1 saturated heterocycles. The molecule has 154 valence electrons. The number of amides is 2. The van der Waals surface area contributed by atoms with E-state index >= 15 is 0 Å². The van der Waals surface area contributed by atoms with Gasteiger partial charge in [0.1, 0.15) is 0 Å². The number of hydrogen-bond donors (Lipinski definition) is 1. The first kappa shape index (κ1) is 21.5. The van der Waals surface area contributed by atoms with Crippen molar-refractivity contribution in [3.05, 3.63) is 64.1 Å². The monoisotopic (exact) mass is 458 g/mol. The van der Waals surface area contributed by atoms with Crippen molar-refractivity contribution in [2.45, 2.75) is 32.1 Å². The van der Waals surface area contributed by atoms with Crippen LogP contribution < -0.4 is 5.32 Å². The third-order valence-electron chi connectivity index (χ3n) is 5.60. The maximum Gasteiger partial charge on any atom is 0.253 e. The molecule has 0 atom stereocenters. The molecule has 29 heavy (non-hydrogen) atoms. The SMILES string of the molecule is CCN(CC)C(=O)c1cccc(NC(=O)C2(c3ccc(Br)cc3)CCOCC2)c1. The van der Waals surface area contributed by atoms with Gasteiger partial charge in [0.2, 0.25) is 5.91 Å². The van der Waals surface area contributed by atoms with E-state index in [0.29, 0.717) is 50.4 Å². The van der Waals surface area contributed by atoms with E-state index in [-0.39, 0.29) is 11.8 Å². The lowest BCUT2D eigenvalue weighted by Gasteiger charge is -2.36. The van der Waals surface area contributed by atoms with Gasteiger partial charge in [0.05, 0.1) is 5.41 Å². The number of halogens is 1. The molecule has 1 fully saturated rings.